The van der Waals surface area contributed by atoms with Crippen molar-refractivity contribution in [2.75, 3.05) is 0 Å². The fourth-order valence-corrected chi connectivity index (χ4v) is 3.63. The van der Waals surface area contributed by atoms with Crippen LogP contribution in [0.3, 0.4) is 0 Å². The SMILES string of the molecule is CCC(C)Oc1ccc(/C=C2\SC(=O)N(Cc3ccc(F)cc3Cl)C2=O)cc1. The van der Waals surface area contributed by atoms with Gasteiger partial charge in [0.1, 0.15) is 11.6 Å². The molecule has 0 aliphatic carbocycles. The summed E-state index contributed by atoms with van der Waals surface area (Å²) in [6.07, 6.45) is 2.71. The number of hydrogen-bond acceptors (Lipinski definition) is 4. The first-order valence-corrected chi connectivity index (χ1v) is 10.0. The molecule has 28 heavy (non-hydrogen) atoms. The number of nitrogens with zero attached hydrogens (tertiary/aromatic N) is 1. The zero-order chi connectivity index (χ0) is 20.3. The Hall–Kier alpha value is -2.31. The molecule has 0 saturated carbocycles. The summed E-state index contributed by atoms with van der Waals surface area (Å²) < 4.78 is 18.9. The highest BCUT2D eigenvalue weighted by molar-refractivity contribution is 8.18. The average molecular weight is 420 g/mol. The molecule has 0 spiro atoms. The molecule has 1 atom stereocenters. The third kappa shape index (κ3) is 4.75. The smallest absolute Gasteiger partial charge is 0.293 e. The lowest BCUT2D eigenvalue weighted by molar-refractivity contribution is -0.123. The van der Waals surface area contributed by atoms with Gasteiger partial charge in [-0.05, 0) is 66.6 Å². The number of carbonyl (C=O) groups is 2. The Balaban J connectivity index is 1.73. The first-order valence-electron chi connectivity index (χ1n) is 8.83. The van der Waals surface area contributed by atoms with Crippen LogP contribution in [0, 0.1) is 5.82 Å². The molecule has 1 aliphatic heterocycles. The van der Waals surface area contributed by atoms with E-state index >= 15 is 0 Å². The molecule has 1 saturated heterocycles. The van der Waals surface area contributed by atoms with Gasteiger partial charge in [0, 0.05) is 5.02 Å². The van der Waals surface area contributed by atoms with Gasteiger partial charge in [0.15, 0.2) is 0 Å². The van der Waals surface area contributed by atoms with Crippen LogP contribution >= 0.6 is 23.4 Å². The van der Waals surface area contributed by atoms with E-state index in [-0.39, 0.29) is 22.9 Å². The van der Waals surface area contributed by atoms with Crippen molar-refractivity contribution < 1.29 is 18.7 Å². The Morgan fingerprint density at radius 1 is 1.21 bits per heavy atom. The Morgan fingerprint density at radius 2 is 1.93 bits per heavy atom. The maximum Gasteiger partial charge on any atom is 0.293 e. The largest absolute Gasteiger partial charge is 0.491 e. The third-order valence-electron chi connectivity index (χ3n) is 4.31. The fourth-order valence-electron chi connectivity index (χ4n) is 2.57. The number of benzene rings is 2. The van der Waals surface area contributed by atoms with Gasteiger partial charge in [0.05, 0.1) is 17.6 Å². The van der Waals surface area contributed by atoms with Gasteiger partial charge in [-0.2, -0.15) is 0 Å². The lowest BCUT2D eigenvalue weighted by atomic mass is 10.2. The van der Waals surface area contributed by atoms with Crippen molar-refractivity contribution in [1.82, 2.24) is 4.90 Å². The van der Waals surface area contributed by atoms with Gasteiger partial charge >= 0.3 is 0 Å². The fraction of sp³-hybridized carbons (Fsp3) is 0.238. The molecule has 1 unspecified atom stereocenters. The van der Waals surface area contributed by atoms with E-state index in [1.54, 1.807) is 6.08 Å². The second-order valence-electron chi connectivity index (χ2n) is 6.41. The lowest BCUT2D eigenvalue weighted by Gasteiger charge is -2.13. The molecule has 7 heteroatoms. The molecule has 1 aliphatic rings. The topological polar surface area (TPSA) is 46.6 Å². The van der Waals surface area contributed by atoms with Crippen LogP contribution < -0.4 is 4.74 Å². The molecule has 0 aromatic heterocycles. The van der Waals surface area contributed by atoms with Gasteiger partial charge in [-0.3, -0.25) is 14.5 Å². The van der Waals surface area contributed by atoms with Crippen molar-refractivity contribution in [2.24, 2.45) is 0 Å². The second kappa shape index (κ2) is 8.80. The van der Waals surface area contributed by atoms with Crippen LogP contribution in [0.5, 0.6) is 5.75 Å². The van der Waals surface area contributed by atoms with Gasteiger partial charge in [0.25, 0.3) is 11.1 Å². The summed E-state index contributed by atoms with van der Waals surface area (Å²) in [4.78, 5) is 26.3. The summed E-state index contributed by atoms with van der Waals surface area (Å²) >= 11 is 6.88. The Kier molecular flexibility index (Phi) is 6.42. The van der Waals surface area contributed by atoms with Gasteiger partial charge in [-0.25, -0.2) is 4.39 Å². The highest BCUT2D eigenvalue weighted by atomic mass is 35.5. The summed E-state index contributed by atoms with van der Waals surface area (Å²) in [5, 5.41) is -0.201. The monoisotopic (exact) mass is 419 g/mol. The number of rotatable bonds is 6. The van der Waals surface area contributed by atoms with Gasteiger partial charge < -0.3 is 4.74 Å². The van der Waals surface area contributed by atoms with Crippen molar-refractivity contribution in [3.05, 3.63) is 69.3 Å². The third-order valence-corrected chi connectivity index (χ3v) is 5.57. The Morgan fingerprint density at radius 3 is 2.57 bits per heavy atom. The predicted octanol–water partition coefficient (Wildman–Crippen LogP) is 5.89. The number of thioether (sulfide) groups is 1. The van der Waals surface area contributed by atoms with Crippen molar-refractivity contribution in [3.63, 3.8) is 0 Å². The van der Waals surface area contributed by atoms with Crippen LogP contribution in [0.1, 0.15) is 31.4 Å². The van der Waals surface area contributed by atoms with Crippen molar-refractivity contribution in [1.29, 1.82) is 0 Å². The van der Waals surface area contributed by atoms with Crippen molar-refractivity contribution in [2.45, 2.75) is 32.9 Å². The number of halogens is 2. The van der Waals surface area contributed by atoms with E-state index in [0.29, 0.717) is 10.5 Å². The van der Waals surface area contributed by atoms with Crippen LogP contribution in [-0.4, -0.2) is 22.2 Å². The van der Waals surface area contributed by atoms with E-state index in [1.165, 1.54) is 12.1 Å². The van der Waals surface area contributed by atoms with Gasteiger partial charge in [-0.1, -0.05) is 36.7 Å². The first-order chi connectivity index (χ1) is 13.4. The van der Waals surface area contributed by atoms with Gasteiger partial charge in [0.2, 0.25) is 0 Å². The minimum Gasteiger partial charge on any atom is -0.491 e. The van der Waals surface area contributed by atoms with Crippen molar-refractivity contribution in [3.8, 4) is 5.75 Å². The molecule has 2 aromatic rings. The van der Waals surface area contributed by atoms with Crippen LogP contribution in [0.25, 0.3) is 6.08 Å². The van der Waals surface area contributed by atoms with Gasteiger partial charge in [-0.15, -0.1) is 0 Å². The van der Waals surface area contributed by atoms with Crippen molar-refractivity contribution >= 4 is 40.6 Å². The molecule has 0 radical (unpaired) electrons. The zero-order valence-electron chi connectivity index (χ0n) is 15.4. The van der Waals surface area contributed by atoms with Crippen LogP contribution in [0.2, 0.25) is 5.02 Å². The first kappa shape index (κ1) is 20.4. The normalized spacial score (nSPS) is 16.7. The molecule has 2 amide bonds. The summed E-state index contributed by atoms with van der Waals surface area (Å²) in [5.74, 6) is -0.107. The van der Waals surface area contributed by atoms with Crippen LogP contribution in [0.15, 0.2) is 47.4 Å². The molecule has 146 valence electrons. The standard InChI is InChI=1S/C21H19ClFNO3S/c1-3-13(2)27-17-8-4-14(5-9-17)10-19-20(25)24(21(26)28-19)12-15-6-7-16(23)11-18(15)22/h4-11,13H,3,12H2,1-2H3/b19-10-. The highest BCUT2D eigenvalue weighted by Crippen LogP contribution is 2.34. The predicted molar refractivity (Wildman–Crippen MR) is 110 cm³/mol. The molecule has 3 rings (SSSR count). The molecule has 1 heterocycles. The molecule has 0 bridgehead atoms. The zero-order valence-corrected chi connectivity index (χ0v) is 17.0. The lowest BCUT2D eigenvalue weighted by Crippen LogP contribution is -2.27. The molecule has 2 aromatic carbocycles. The minimum absolute atomic E-state index is 0.00278. The number of hydrogen-bond donors (Lipinski definition) is 0. The molecule has 4 nitrogen and oxygen atoms in total. The highest BCUT2D eigenvalue weighted by Gasteiger charge is 2.35. The van der Waals surface area contributed by atoms with Crippen LogP contribution in [0.4, 0.5) is 9.18 Å². The second-order valence-corrected chi connectivity index (χ2v) is 7.81. The average Bonchev–Trinajstić information content (AvgIpc) is 2.92. The number of carbonyl (C=O) groups excluding carboxylic acids is 2. The summed E-state index contributed by atoms with van der Waals surface area (Å²) in [6, 6.07) is 11.2. The molecular weight excluding hydrogens is 401 g/mol. The summed E-state index contributed by atoms with van der Waals surface area (Å²) in [5.41, 5.74) is 1.31. The van der Waals surface area contributed by atoms with E-state index in [0.717, 1.165) is 40.5 Å². The van der Waals surface area contributed by atoms with E-state index in [2.05, 4.69) is 0 Å². The maximum atomic E-state index is 13.2. The number of ether oxygens (including phenoxy) is 1. The van der Waals surface area contributed by atoms with E-state index in [1.807, 2.05) is 38.1 Å². The Labute approximate surface area is 172 Å². The quantitative estimate of drug-likeness (QED) is 0.547. The van der Waals surface area contributed by atoms with E-state index < -0.39 is 11.7 Å². The van der Waals surface area contributed by atoms with E-state index in [9.17, 15) is 14.0 Å². The maximum absolute atomic E-state index is 13.2. The summed E-state index contributed by atoms with van der Waals surface area (Å²) in [6.45, 7) is 4.05. The van der Waals surface area contributed by atoms with E-state index in [4.69, 9.17) is 16.3 Å². The Bertz CT molecular complexity index is 930. The van der Waals surface area contributed by atoms with Crippen LogP contribution in [-0.2, 0) is 11.3 Å². The molecule has 1 fully saturated rings. The number of amides is 2. The minimum atomic E-state index is -0.469. The molecule has 0 N–H and O–H groups in total. The summed E-state index contributed by atoms with van der Waals surface area (Å²) in [7, 11) is 0. The molecular formula is C21H19ClFNO3S. The number of imide groups is 1.